The van der Waals surface area contributed by atoms with Crippen molar-refractivity contribution in [1.29, 1.82) is 0 Å². The van der Waals surface area contributed by atoms with E-state index in [2.05, 4.69) is 0 Å². The first-order chi connectivity index (χ1) is 12.7. The summed E-state index contributed by atoms with van der Waals surface area (Å²) in [5.41, 5.74) is 2.17. The number of carbonyl (C=O) groups is 2. The molecule has 0 fully saturated rings. The minimum atomic E-state index is -0.948. The minimum absolute atomic E-state index is 0.115. The van der Waals surface area contributed by atoms with Crippen LogP contribution in [-0.2, 0) is 16.1 Å². The average Bonchev–Trinajstić information content (AvgIpc) is 2.59. The van der Waals surface area contributed by atoms with Gasteiger partial charge in [0, 0.05) is 0 Å². The van der Waals surface area contributed by atoms with E-state index in [0.29, 0.717) is 17.9 Å². The average molecular weight is 367 g/mol. The summed E-state index contributed by atoms with van der Waals surface area (Å²) in [6.07, 6.45) is -0.183. The Labute approximate surface area is 159 Å². The van der Waals surface area contributed by atoms with Crippen LogP contribution in [0.1, 0.15) is 49.2 Å². The number of aryl methyl sites for hydroxylation is 1. The van der Waals surface area contributed by atoms with Gasteiger partial charge in [-0.15, -0.1) is 0 Å². The number of esters is 1. The number of ether oxygens (including phenoxy) is 2. The van der Waals surface area contributed by atoms with Gasteiger partial charge >= 0.3 is 5.97 Å². The quantitative estimate of drug-likeness (QED) is 0.758. The van der Waals surface area contributed by atoms with Crippen molar-refractivity contribution in [2.45, 2.75) is 52.9 Å². The molecule has 0 aromatic heterocycles. The highest BCUT2D eigenvalue weighted by Crippen LogP contribution is 2.39. The Hall–Kier alpha value is -2.82. The van der Waals surface area contributed by atoms with Crippen LogP contribution < -0.4 is 9.64 Å². The number of hydrogen-bond donors (Lipinski definition) is 0. The first-order valence-corrected chi connectivity index (χ1v) is 9.09. The number of hydrogen-bond acceptors (Lipinski definition) is 4. The summed E-state index contributed by atoms with van der Waals surface area (Å²) in [7, 11) is 0. The second-order valence-electron chi connectivity index (χ2n) is 7.63. The molecule has 0 atom stereocenters. The molecule has 0 aliphatic carbocycles. The number of nitrogens with zero attached hydrogens (tertiary/aromatic N) is 1. The maximum Gasteiger partial charge on any atom is 0.338 e. The summed E-state index contributed by atoms with van der Waals surface area (Å²) in [5, 5.41) is 0. The second-order valence-corrected chi connectivity index (χ2v) is 7.63. The number of benzene rings is 2. The highest BCUT2D eigenvalue weighted by Gasteiger charge is 2.40. The number of anilines is 1. The van der Waals surface area contributed by atoms with E-state index < -0.39 is 5.60 Å². The normalized spacial score (nSPS) is 15.3. The third-order valence-electron chi connectivity index (χ3n) is 4.38. The molecule has 0 unspecified atom stereocenters. The Morgan fingerprint density at radius 3 is 2.63 bits per heavy atom. The molecule has 0 N–H and O–H groups in total. The zero-order valence-corrected chi connectivity index (χ0v) is 16.4. The Morgan fingerprint density at radius 2 is 1.93 bits per heavy atom. The first-order valence-electron chi connectivity index (χ1n) is 9.09. The molecule has 0 spiro atoms. The molecule has 5 nitrogen and oxygen atoms in total. The highest BCUT2D eigenvalue weighted by molar-refractivity contribution is 6.02. The van der Waals surface area contributed by atoms with Crippen molar-refractivity contribution in [1.82, 2.24) is 0 Å². The lowest BCUT2D eigenvalue weighted by molar-refractivity contribution is -0.132. The Morgan fingerprint density at radius 1 is 1.19 bits per heavy atom. The predicted octanol–water partition coefficient (Wildman–Crippen LogP) is 4.26. The lowest BCUT2D eigenvalue weighted by atomic mass is 10.0. The number of rotatable bonds is 4. The molecule has 1 heterocycles. The summed E-state index contributed by atoms with van der Waals surface area (Å²) in [6.45, 7) is 9.49. The number of carbonyl (C=O) groups excluding carboxylic acids is 2. The third kappa shape index (κ3) is 3.97. The van der Waals surface area contributed by atoms with E-state index in [-0.39, 0.29) is 18.0 Å². The lowest BCUT2D eigenvalue weighted by Gasteiger charge is -2.39. The summed E-state index contributed by atoms with van der Waals surface area (Å²) >= 11 is 0. The second kappa shape index (κ2) is 7.06. The number of amides is 1. The van der Waals surface area contributed by atoms with Crippen molar-refractivity contribution in [3.05, 3.63) is 59.2 Å². The van der Waals surface area contributed by atoms with E-state index in [1.54, 1.807) is 36.9 Å². The Bertz CT molecular complexity index is 886. The van der Waals surface area contributed by atoms with Gasteiger partial charge in [0.15, 0.2) is 5.60 Å². The minimum Gasteiger partial charge on any atom is -0.476 e. The van der Waals surface area contributed by atoms with Gasteiger partial charge in [-0.2, -0.15) is 0 Å². The fraction of sp³-hybridized carbons (Fsp3) is 0.364. The molecular formula is C22H25NO4. The van der Waals surface area contributed by atoms with Crippen LogP contribution in [0.2, 0.25) is 0 Å². The zero-order valence-electron chi connectivity index (χ0n) is 16.4. The predicted molar refractivity (Wildman–Crippen MR) is 104 cm³/mol. The molecular weight excluding hydrogens is 342 g/mol. The van der Waals surface area contributed by atoms with Gasteiger partial charge in [0.05, 0.1) is 23.9 Å². The number of fused-ring (bicyclic) bond motifs is 1. The van der Waals surface area contributed by atoms with Gasteiger partial charge in [0.2, 0.25) is 0 Å². The van der Waals surface area contributed by atoms with Crippen LogP contribution in [0.3, 0.4) is 0 Å². The topological polar surface area (TPSA) is 55.8 Å². The maximum absolute atomic E-state index is 13.0. The molecule has 5 heteroatoms. The van der Waals surface area contributed by atoms with Gasteiger partial charge in [-0.1, -0.05) is 18.2 Å². The van der Waals surface area contributed by atoms with Crippen LogP contribution in [0.5, 0.6) is 5.75 Å². The summed E-state index contributed by atoms with van der Waals surface area (Å²) < 4.78 is 11.2. The Balaban J connectivity index is 1.94. The van der Waals surface area contributed by atoms with Crippen molar-refractivity contribution in [2.24, 2.45) is 0 Å². The molecule has 0 radical (unpaired) electrons. The van der Waals surface area contributed by atoms with Gasteiger partial charge in [-0.25, -0.2) is 4.79 Å². The molecule has 27 heavy (non-hydrogen) atoms. The van der Waals surface area contributed by atoms with E-state index in [1.807, 2.05) is 45.0 Å². The molecule has 142 valence electrons. The van der Waals surface area contributed by atoms with Gasteiger partial charge in [-0.3, -0.25) is 4.79 Å². The highest BCUT2D eigenvalue weighted by atomic mass is 16.5. The van der Waals surface area contributed by atoms with Crippen molar-refractivity contribution in [2.75, 3.05) is 4.90 Å². The first kappa shape index (κ1) is 19.0. The lowest BCUT2D eigenvalue weighted by Crippen LogP contribution is -2.52. The van der Waals surface area contributed by atoms with Crippen molar-refractivity contribution in [3.63, 3.8) is 0 Å². The molecule has 1 amide bonds. The summed E-state index contributed by atoms with van der Waals surface area (Å²) in [5.74, 6) is 0.202. The van der Waals surface area contributed by atoms with Gasteiger partial charge in [-0.05, 0) is 70.0 Å². The largest absolute Gasteiger partial charge is 0.476 e. The fourth-order valence-corrected chi connectivity index (χ4v) is 3.10. The Kier molecular flexibility index (Phi) is 4.96. The van der Waals surface area contributed by atoms with E-state index in [1.165, 1.54) is 0 Å². The molecule has 2 aromatic carbocycles. The van der Waals surface area contributed by atoms with Crippen LogP contribution in [0.4, 0.5) is 5.69 Å². The van der Waals surface area contributed by atoms with Gasteiger partial charge in [0.1, 0.15) is 5.75 Å². The molecule has 1 aliphatic heterocycles. The summed E-state index contributed by atoms with van der Waals surface area (Å²) in [4.78, 5) is 26.9. The standard InChI is InChI=1S/C22H25NO4/c1-14(2)26-20(24)17-8-6-7-16(12-17)13-23-18-11-15(3)9-10-19(18)27-22(4,5)21(23)25/h6-12,14H,13H2,1-5H3. The fourth-order valence-electron chi connectivity index (χ4n) is 3.10. The van der Waals surface area contributed by atoms with Crippen molar-refractivity contribution < 1.29 is 19.1 Å². The van der Waals surface area contributed by atoms with E-state index in [9.17, 15) is 9.59 Å². The van der Waals surface area contributed by atoms with Gasteiger partial charge in [0.25, 0.3) is 5.91 Å². The van der Waals surface area contributed by atoms with Crippen molar-refractivity contribution >= 4 is 17.6 Å². The molecule has 0 saturated heterocycles. The van der Waals surface area contributed by atoms with Crippen LogP contribution in [0.15, 0.2) is 42.5 Å². The third-order valence-corrected chi connectivity index (χ3v) is 4.38. The van der Waals surface area contributed by atoms with Gasteiger partial charge < -0.3 is 14.4 Å². The molecule has 0 bridgehead atoms. The smallest absolute Gasteiger partial charge is 0.338 e. The SMILES string of the molecule is Cc1ccc2c(c1)N(Cc1cccc(C(=O)OC(C)C)c1)C(=O)C(C)(C)O2. The van der Waals surface area contributed by atoms with E-state index in [0.717, 1.165) is 16.8 Å². The molecule has 1 aliphatic rings. The zero-order chi connectivity index (χ0) is 19.8. The van der Waals surface area contributed by atoms with E-state index >= 15 is 0 Å². The molecule has 3 rings (SSSR count). The molecule has 0 saturated carbocycles. The van der Waals surface area contributed by atoms with Crippen molar-refractivity contribution in [3.8, 4) is 5.75 Å². The van der Waals surface area contributed by atoms with Crippen LogP contribution >= 0.6 is 0 Å². The monoisotopic (exact) mass is 367 g/mol. The molecule has 2 aromatic rings. The van der Waals surface area contributed by atoms with Crippen LogP contribution in [0.25, 0.3) is 0 Å². The van der Waals surface area contributed by atoms with E-state index in [4.69, 9.17) is 9.47 Å². The van der Waals surface area contributed by atoms with Crippen LogP contribution in [0, 0.1) is 6.92 Å². The maximum atomic E-state index is 13.0. The summed E-state index contributed by atoms with van der Waals surface area (Å²) in [6, 6.07) is 13.0. The van der Waals surface area contributed by atoms with Crippen LogP contribution in [-0.4, -0.2) is 23.6 Å².